The summed E-state index contributed by atoms with van der Waals surface area (Å²) in [5, 5.41) is 15.7. The van der Waals surface area contributed by atoms with Crippen molar-refractivity contribution in [2.24, 2.45) is 5.73 Å². The van der Waals surface area contributed by atoms with E-state index in [1.165, 1.54) is 0 Å². The average molecular weight is 257 g/mol. The standard InChI is InChI=1S/C13H11N3O3/c14-12(17)7-2-3-8-6(5-7)1-4-9-10(8)15-16-11(9)13(18)19/h2-3,5H,1,4H2,(H2,14,17)(H,15,16)(H,18,19). The highest BCUT2D eigenvalue weighted by molar-refractivity contribution is 5.94. The highest BCUT2D eigenvalue weighted by Crippen LogP contribution is 2.33. The zero-order chi connectivity index (χ0) is 13.6. The largest absolute Gasteiger partial charge is 0.477 e. The molecule has 19 heavy (non-hydrogen) atoms. The molecule has 2 aromatic rings. The molecule has 1 aliphatic rings. The van der Waals surface area contributed by atoms with Crippen LogP contribution in [-0.2, 0) is 12.8 Å². The minimum absolute atomic E-state index is 0.139. The van der Waals surface area contributed by atoms with Crippen molar-refractivity contribution in [1.82, 2.24) is 10.2 Å². The molecule has 0 radical (unpaired) electrons. The van der Waals surface area contributed by atoms with Gasteiger partial charge in [0, 0.05) is 16.7 Å². The van der Waals surface area contributed by atoms with Crippen LogP contribution in [0.4, 0.5) is 0 Å². The number of amides is 1. The molecular weight excluding hydrogens is 246 g/mol. The van der Waals surface area contributed by atoms with E-state index in [-0.39, 0.29) is 5.69 Å². The number of hydrogen-bond donors (Lipinski definition) is 3. The van der Waals surface area contributed by atoms with E-state index in [1.807, 2.05) is 0 Å². The van der Waals surface area contributed by atoms with Gasteiger partial charge in [-0.25, -0.2) is 4.79 Å². The quantitative estimate of drug-likeness (QED) is 0.744. The Hall–Kier alpha value is -2.63. The lowest BCUT2D eigenvalue weighted by Crippen LogP contribution is -2.13. The molecule has 0 atom stereocenters. The third-order valence-electron chi connectivity index (χ3n) is 3.37. The first kappa shape index (κ1) is 11.5. The van der Waals surface area contributed by atoms with E-state index in [4.69, 9.17) is 10.8 Å². The zero-order valence-electron chi connectivity index (χ0n) is 9.93. The summed E-state index contributed by atoms with van der Waals surface area (Å²) in [6.45, 7) is 0. The molecule has 1 amide bonds. The molecule has 0 spiro atoms. The van der Waals surface area contributed by atoms with Gasteiger partial charge in [0.1, 0.15) is 5.69 Å². The number of aromatic amines is 1. The van der Waals surface area contributed by atoms with Crippen LogP contribution in [0.25, 0.3) is 11.3 Å². The molecule has 6 nitrogen and oxygen atoms in total. The Morgan fingerprint density at radius 1 is 1.32 bits per heavy atom. The van der Waals surface area contributed by atoms with Crippen LogP contribution in [0.5, 0.6) is 0 Å². The number of carboxylic acid groups (broad SMARTS) is 1. The number of carbonyl (C=O) groups is 2. The molecule has 1 aromatic heterocycles. The molecule has 0 aliphatic heterocycles. The normalized spacial score (nSPS) is 12.6. The summed E-state index contributed by atoms with van der Waals surface area (Å²) in [5.41, 5.74) is 9.02. The van der Waals surface area contributed by atoms with Gasteiger partial charge in [-0.05, 0) is 30.5 Å². The van der Waals surface area contributed by atoms with Crippen LogP contribution in [0.3, 0.4) is 0 Å². The predicted molar refractivity (Wildman–Crippen MR) is 66.9 cm³/mol. The van der Waals surface area contributed by atoms with Gasteiger partial charge >= 0.3 is 5.97 Å². The van der Waals surface area contributed by atoms with Crippen LogP contribution in [0.1, 0.15) is 32.0 Å². The number of carboxylic acids is 1. The number of aromatic carboxylic acids is 1. The molecule has 0 saturated heterocycles. The summed E-state index contributed by atoms with van der Waals surface area (Å²) in [6, 6.07) is 5.14. The topological polar surface area (TPSA) is 109 Å². The van der Waals surface area contributed by atoms with E-state index in [1.54, 1.807) is 18.2 Å². The summed E-state index contributed by atoms with van der Waals surface area (Å²) in [4.78, 5) is 22.2. The molecule has 1 heterocycles. The number of benzene rings is 1. The van der Waals surface area contributed by atoms with Gasteiger partial charge in [0.15, 0.2) is 0 Å². The number of rotatable bonds is 2. The number of aryl methyl sites for hydroxylation is 1. The molecule has 0 unspecified atom stereocenters. The number of primary amides is 1. The Morgan fingerprint density at radius 2 is 2.11 bits per heavy atom. The third kappa shape index (κ3) is 1.69. The first-order valence-electron chi connectivity index (χ1n) is 5.81. The van der Waals surface area contributed by atoms with Crippen molar-refractivity contribution in [3.05, 3.63) is 40.6 Å². The van der Waals surface area contributed by atoms with Gasteiger partial charge in [0.25, 0.3) is 0 Å². The predicted octanol–water partition coefficient (Wildman–Crippen LogP) is 0.972. The Bertz CT molecular complexity index is 703. The minimum Gasteiger partial charge on any atom is -0.477 e. The van der Waals surface area contributed by atoms with Gasteiger partial charge in [-0.15, -0.1) is 0 Å². The lowest BCUT2D eigenvalue weighted by molar-refractivity contribution is 0.0689. The van der Waals surface area contributed by atoms with Crippen LogP contribution in [0, 0.1) is 0 Å². The third-order valence-corrected chi connectivity index (χ3v) is 3.37. The van der Waals surface area contributed by atoms with Crippen LogP contribution in [-0.4, -0.2) is 27.2 Å². The summed E-state index contributed by atoms with van der Waals surface area (Å²) >= 11 is 0. The van der Waals surface area contributed by atoms with E-state index in [0.717, 1.165) is 11.1 Å². The SMILES string of the molecule is NC(=O)c1ccc2c(c1)CCc1c-2n[nH]c1C(=O)O. The fourth-order valence-electron chi connectivity index (χ4n) is 2.45. The number of H-pyrrole nitrogens is 1. The van der Waals surface area contributed by atoms with Gasteiger partial charge in [0.05, 0.1) is 5.69 Å². The number of carbonyl (C=O) groups excluding carboxylic acids is 1. The summed E-state index contributed by atoms with van der Waals surface area (Å²) in [6.07, 6.45) is 1.26. The molecule has 1 aliphatic carbocycles. The second-order valence-electron chi connectivity index (χ2n) is 4.47. The molecule has 4 N–H and O–H groups in total. The van der Waals surface area contributed by atoms with Crippen molar-refractivity contribution in [1.29, 1.82) is 0 Å². The fourth-order valence-corrected chi connectivity index (χ4v) is 2.45. The van der Waals surface area contributed by atoms with Crippen molar-refractivity contribution in [3.8, 4) is 11.3 Å². The Labute approximate surface area is 108 Å². The maximum absolute atomic E-state index is 11.1. The van der Waals surface area contributed by atoms with Gasteiger partial charge in [0.2, 0.25) is 5.91 Å². The second-order valence-corrected chi connectivity index (χ2v) is 4.47. The molecular formula is C13H11N3O3. The Morgan fingerprint density at radius 3 is 2.79 bits per heavy atom. The summed E-state index contributed by atoms with van der Waals surface area (Å²) in [5.74, 6) is -1.48. The molecule has 96 valence electrons. The molecule has 0 bridgehead atoms. The molecule has 0 fully saturated rings. The van der Waals surface area contributed by atoms with Crippen molar-refractivity contribution >= 4 is 11.9 Å². The number of nitrogens with one attached hydrogen (secondary N) is 1. The van der Waals surface area contributed by atoms with E-state index >= 15 is 0 Å². The van der Waals surface area contributed by atoms with E-state index in [9.17, 15) is 9.59 Å². The molecule has 1 aromatic carbocycles. The first-order valence-corrected chi connectivity index (χ1v) is 5.81. The number of nitrogens with two attached hydrogens (primary N) is 1. The van der Waals surface area contributed by atoms with Crippen molar-refractivity contribution in [2.45, 2.75) is 12.8 Å². The van der Waals surface area contributed by atoms with Crippen molar-refractivity contribution in [3.63, 3.8) is 0 Å². The van der Waals surface area contributed by atoms with Crippen LogP contribution < -0.4 is 5.73 Å². The molecule has 3 rings (SSSR count). The lowest BCUT2D eigenvalue weighted by atomic mass is 9.88. The highest BCUT2D eigenvalue weighted by atomic mass is 16.4. The smallest absolute Gasteiger partial charge is 0.354 e. The van der Waals surface area contributed by atoms with Crippen molar-refractivity contribution < 1.29 is 14.7 Å². The lowest BCUT2D eigenvalue weighted by Gasteiger charge is -2.16. The zero-order valence-corrected chi connectivity index (χ0v) is 9.93. The summed E-state index contributed by atoms with van der Waals surface area (Å²) < 4.78 is 0. The van der Waals surface area contributed by atoms with Gasteiger partial charge in [-0.1, -0.05) is 6.07 Å². The summed E-state index contributed by atoms with van der Waals surface area (Å²) in [7, 11) is 0. The van der Waals surface area contributed by atoms with Crippen LogP contribution in [0.15, 0.2) is 18.2 Å². The van der Waals surface area contributed by atoms with Crippen LogP contribution >= 0.6 is 0 Å². The Balaban J connectivity index is 2.15. The number of fused-ring (bicyclic) bond motifs is 3. The highest BCUT2D eigenvalue weighted by Gasteiger charge is 2.25. The van der Waals surface area contributed by atoms with Crippen molar-refractivity contribution in [2.75, 3.05) is 0 Å². The maximum atomic E-state index is 11.1. The average Bonchev–Trinajstić information content (AvgIpc) is 2.82. The number of nitrogens with zero attached hydrogens (tertiary/aromatic N) is 1. The van der Waals surface area contributed by atoms with Gasteiger partial charge in [-0.3, -0.25) is 9.89 Å². The minimum atomic E-state index is -1.01. The van der Waals surface area contributed by atoms with E-state index < -0.39 is 11.9 Å². The van der Waals surface area contributed by atoms with Gasteiger partial charge < -0.3 is 10.8 Å². The molecule has 0 saturated carbocycles. The second kappa shape index (κ2) is 3.94. The van der Waals surface area contributed by atoms with E-state index in [0.29, 0.717) is 29.7 Å². The molecule has 6 heteroatoms. The number of hydrogen-bond acceptors (Lipinski definition) is 3. The number of aromatic nitrogens is 2. The van der Waals surface area contributed by atoms with Crippen LogP contribution in [0.2, 0.25) is 0 Å². The van der Waals surface area contributed by atoms with Gasteiger partial charge in [-0.2, -0.15) is 5.10 Å². The maximum Gasteiger partial charge on any atom is 0.354 e. The fraction of sp³-hybridized carbons (Fsp3) is 0.154. The first-order chi connectivity index (χ1) is 9.08. The monoisotopic (exact) mass is 257 g/mol. The Kier molecular flexibility index (Phi) is 2.38. The van der Waals surface area contributed by atoms with E-state index in [2.05, 4.69) is 10.2 Å².